The number of amides is 1. The Morgan fingerprint density at radius 3 is 2.25 bits per heavy atom. The van der Waals surface area contributed by atoms with Crippen LogP contribution in [0.15, 0.2) is 24.3 Å². The molecule has 1 aliphatic heterocycles. The lowest BCUT2D eigenvalue weighted by Crippen LogP contribution is -2.46. The lowest BCUT2D eigenvalue weighted by atomic mass is 10.2. The normalized spacial score (nSPS) is 17.4. The number of nitrogen functional groups attached to an aromatic ring is 1. The molecule has 1 amide bonds. The Morgan fingerprint density at radius 2 is 1.70 bits per heavy atom. The summed E-state index contributed by atoms with van der Waals surface area (Å²) in [6.45, 7) is 3.78. The summed E-state index contributed by atoms with van der Waals surface area (Å²) in [5.41, 5.74) is 7.47. The zero-order valence-electron chi connectivity index (χ0n) is 12.5. The second kappa shape index (κ2) is 6.64. The van der Waals surface area contributed by atoms with Gasteiger partial charge < -0.3 is 15.5 Å². The number of carbonyl (C=O) groups is 1. The molecule has 4 heteroatoms. The second-order valence-electron chi connectivity index (χ2n) is 5.62. The van der Waals surface area contributed by atoms with Crippen LogP contribution in [0.25, 0.3) is 0 Å². The summed E-state index contributed by atoms with van der Waals surface area (Å²) < 4.78 is 0. The highest BCUT2D eigenvalue weighted by Crippen LogP contribution is 2.19. The summed E-state index contributed by atoms with van der Waals surface area (Å²) in [6, 6.07) is 7.52. The van der Waals surface area contributed by atoms with E-state index in [1.54, 1.807) is 0 Å². The maximum atomic E-state index is 12.6. The number of nitrogens with zero attached hydrogens (tertiary/aromatic N) is 2. The molecule has 2 N–H and O–H groups in total. The third-order valence-corrected chi connectivity index (χ3v) is 4.16. The molecule has 2 rings (SSSR count). The Bertz CT molecular complexity index is 436. The first kappa shape index (κ1) is 14.7. The smallest absolute Gasteiger partial charge is 0.244 e. The minimum Gasteiger partial charge on any atom is -0.399 e. The van der Waals surface area contributed by atoms with E-state index in [-0.39, 0.29) is 11.9 Å². The van der Waals surface area contributed by atoms with Gasteiger partial charge in [0.2, 0.25) is 5.91 Å². The summed E-state index contributed by atoms with van der Waals surface area (Å²) >= 11 is 0. The third kappa shape index (κ3) is 3.44. The third-order valence-electron chi connectivity index (χ3n) is 4.16. The van der Waals surface area contributed by atoms with Gasteiger partial charge in [0.25, 0.3) is 0 Å². The van der Waals surface area contributed by atoms with Crippen LogP contribution in [0.2, 0.25) is 0 Å². The van der Waals surface area contributed by atoms with E-state index < -0.39 is 0 Å². The second-order valence-corrected chi connectivity index (χ2v) is 5.62. The number of nitrogens with two attached hydrogens (primary N) is 1. The van der Waals surface area contributed by atoms with E-state index in [1.807, 2.05) is 48.0 Å². The molecular formula is C16H25N3O. The van der Waals surface area contributed by atoms with Gasteiger partial charge in [0.1, 0.15) is 6.04 Å². The van der Waals surface area contributed by atoms with E-state index in [0.717, 1.165) is 37.3 Å². The maximum absolute atomic E-state index is 12.6. The molecule has 0 aliphatic carbocycles. The highest BCUT2D eigenvalue weighted by Gasteiger charge is 2.24. The summed E-state index contributed by atoms with van der Waals surface area (Å²) in [6.07, 6.45) is 4.74. The number of carbonyl (C=O) groups excluding carboxylic acids is 1. The standard InChI is InChI=1S/C16H25N3O/c1-13(16(20)19-11-5-3-4-6-12-19)18(2)15-9-7-14(17)8-10-15/h7-10,13H,3-6,11-12,17H2,1-2H3. The molecule has 0 saturated carbocycles. The van der Waals surface area contributed by atoms with Crippen molar-refractivity contribution in [1.29, 1.82) is 0 Å². The van der Waals surface area contributed by atoms with Gasteiger partial charge in [-0.25, -0.2) is 0 Å². The van der Waals surface area contributed by atoms with Gasteiger partial charge in [-0.3, -0.25) is 4.79 Å². The van der Waals surface area contributed by atoms with Crippen molar-refractivity contribution in [1.82, 2.24) is 4.90 Å². The van der Waals surface area contributed by atoms with Crippen molar-refractivity contribution >= 4 is 17.3 Å². The van der Waals surface area contributed by atoms with E-state index in [1.165, 1.54) is 12.8 Å². The van der Waals surface area contributed by atoms with Crippen molar-refractivity contribution in [2.24, 2.45) is 0 Å². The SMILES string of the molecule is CC(C(=O)N1CCCCCC1)N(C)c1ccc(N)cc1. The average molecular weight is 275 g/mol. The van der Waals surface area contributed by atoms with E-state index in [9.17, 15) is 4.79 Å². The van der Waals surface area contributed by atoms with E-state index in [0.29, 0.717) is 0 Å². The molecule has 1 aromatic rings. The highest BCUT2D eigenvalue weighted by molar-refractivity contribution is 5.85. The summed E-state index contributed by atoms with van der Waals surface area (Å²) in [5, 5.41) is 0. The molecule has 1 atom stereocenters. The van der Waals surface area contributed by atoms with Crippen LogP contribution in [0, 0.1) is 0 Å². The number of likely N-dealkylation sites (N-methyl/N-ethyl adjacent to an activating group) is 1. The van der Waals surface area contributed by atoms with Crippen LogP contribution in [-0.2, 0) is 4.79 Å². The summed E-state index contributed by atoms with van der Waals surface area (Å²) in [4.78, 5) is 16.6. The Labute approximate surface area is 121 Å². The molecule has 1 heterocycles. The van der Waals surface area contributed by atoms with Gasteiger partial charge in [0.15, 0.2) is 0 Å². The monoisotopic (exact) mass is 275 g/mol. The number of hydrogen-bond donors (Lipinski definition) is 1. The van der Waals surface area contributed by atoms with Gasteiger partial charge in [-0.05, 0) is 44.0 Å². The average Bonchev–Trinajstić information content (AvgIpc) is 2.75. The quantitative estimate of drug-likeness (QED) is 0.862. The molecular weight excluding hydrogens is 250 g/mol. The van der Waals surface area contributed by atoms with Gasteiger partial charge in [-0.15, -0.1) is 0 Å². The fourth-order valence-corrected chi connectivity index (χ4v) is 2.65. The molecule has 0 bridgehead atoms. The lowest BCUT2D eigenvalue weighted by molar-refractivity contribution is -0.132. The molecule has 1 saturated heterocycles. The Hall–Kier alpha value is -1.71. The minimum absolute atomic E-state index is 0.142. The Kier molecular flexibility index (Phi) is 4.88. The number of hydrogen-bond acceptors (Lipinski definition) is 3. The molecule has 0 spiro atoms. The minimum atomic E-state index is -0.142. The molecule has 1 aromatic carbocycles. The zero-order valence-corrected chi connectivity index (χ0v) is 12.5. The van der Waals surface area contributed by atoms with Crippen LogP contribution in [0.1, 0.15) is 32.6 Å². The van der Waals surface area contributed by atoms with Crippen LogP contribution < -0.4 is 10.6 Å². The summed E-state index contributed by atoms with van der Waals surface area (Å²) in [5.74, 6) is 0.228. The molecule has 20 heavy (non-hydrogen) atoms. The molecule has 4 nitrogen and oxygen atoms in total. The van der Waals surface area contributed by atoms with Gasteiger partial charge >= 0.3 is 0 Å². The predicted molar refractivity (Wildman–Crippen MR) is 83.8 cm³/mol. The van der Waals surface area contributed by atoms with Crippen molar-refractivity contribution in [2.45, 2.75) is 38.6 Å². The van der Waals surface area contributed by atoms with Gasteiger partial charge in [-0.1, -0.05) is 12.8 Å². The fraction of sp³-hybridized carbons (Fsp3) is 0.562. The number of likely N-dealkylation sites (tertiary alicyclic amines) is 1. The van der Waals surface area contributed by atoms with E-state index in [4.69, 9.17) is 5.73 Å². The maximum Gasteiger partial charge on any atom is 0.244 e. The van der Waals surface area contributed by atoms with E-state index >= 15 is 0 Å². The Balaban J connectivity index is 2.03. The van der Waals surface area contributed by atoms with Crippen LogP contribution in [-0.4, -0.2) is 37.0 Å². The van der Waals surface area contributed by atoms with E-state index in [2.05, 4.69) is 0 Å². The molecule has 110 valence electrons. The molecule has 1 aliphatic rings. The molecule has 0 aromatic heterocycles. The largest absolute Gasteiger partial charge is 0.399 e. The van der Waals surface area contributed by atoms with Gasteiger partial charge in [0, 0.05) is 31.5 Å². The number of rotatable bonds is 3. The van der Waals surface area contributed by atoms with Crippen molar-refractivity contribution in [3.63, 3.8) is 0 Å². The zero-order chi connectivity index (χ0) is 14.5. The topological polar surface area (TPSA) is 49.6 Å². The highest BCUT2D eigenvalue weighted by atomic mass is 16.2. The van der Waals surface area contributed by atoms with Crippen molar-refractivity contribution in [3.05, 3.63) is 24.3 Å². The van der Waals surface area contributed by atoms with Crippen LogP contribution in [0.4, 0.5) is 11.4 Å². The first-order valence-corrected chi connectivity index (χ1v) is 7.47. The first-order valence-electron chi connectivity index (χ1n) is 7.47. The lowest BCUT2D eigenvalue weighted by Gasteiger charge is -2.31. The Morgan fingerprint density at radius 1 is 1.15 bits per heavy atom. The van der Waals surface area contributed by atoms with Crippen molar-refractivity contribution in [3.8, 4) is 0 Å². The number of benzene rings is 1. The summed E-state index contributed by atoms with van der Waals surface area (Å²) in [7, 11) is 1.96. The molecule has 1 unspecified atom stereocenters. The fourth-order valence-electron chi connectivity index (χ4n) is 2.65. The van der Waals surface area contributed by atoms with Crippen LogP contribution in [0.5, 0.6) is 0 Å². The van der Waals surface area contributed by atoms with Gasteiger partial charge in [-0.2, -0.15) is 0 Å². The van der Waals surface area contributed by atoms with Crippen LogP contribution in [0.3, 0.4) is 0 Å². The van der Waals surface area contributed by atoms with Crippen LogP contribution >= 0.6 is 0 Å². The predicted octanol–water partition coefficient (Wildman–Crippen LogP) is 2.50. The molecule has 0 radical (unpaired) electrons. The first-order chi connectivity index (χ1) is 9.59. The number of anilines is 2. The van der Waals surface area contributed by atoms with Crippen molar-refractivity contribution in [2.75, 3.05) is 30.8 Å². The molecule has 1 fully saturated rings. The van der Waals surface area contributed by atoms with Crippen molar-refractivity contribution < 1.29 is 4.79 Å². The van der Waals surface area contributed by atoms with Gasteiger partial charge in [0.05, 0.1) is 0 Å².